The molecular formula is C24H29F2NO4. The van der Waals surface area contributed by atoms with Gasteiger partial charge in [-0.1, -0.05) is 30.4 Å². The van der Waals surface area contributed by atoms with Gasteiger partial charge in [0.2, 0.25) is 0 Å². The maximum Gasteiger partial charge on any atom is 0.387 e. The zero-order valence-corrected chi connectivity index (χ0v) is 18.0. The number of alkyl halides is 2. The summed E-state index contributed by atoms with van der Waals surface area (Å²) in [7, 11) is 0. The van der Waals surface area contributed by atoms with E-state index in [2.05, 4.69) is 4.74 Å². The number of hydrogen-bond acceptors (Lipinski definition) is 4. The van der Waals surface area contributed by atoms with E-state index in [-0.39, 0.29) is 29.4 Å². The van der Waals surface area contributed by atoms with Crippen LogP contribution in [0.25, 0.3) is 0 Å². The predicted octanol–water partition coefficient (Wildman–Crippen LogP) is 5.14. The molecule has 1 saturated heterocycles. The van der Waals surface area contributed by atoms with Gasteiger partial charge in [0, 0.05) is 44.3 Å². The van der Waals surface area contributed by atoms with Gasteiger partial charge in [-0.05, 0) is 26.3 Å². The van der Waals surface area contributed by atoms with Crippen molar-refractivity contribution >= 4 is 5.91 Å². The highest BCUT2D eigenvalue weighted by atomic mass is 19.3. The maximum atomic E-state index is 13.1. The first-order valence-electron chi connectivity index (χ1n) is 10.9. The molecule has 7 heteroatoms. The standard InChI is InChI=1S/C24H29F2NO4/c1-16(2)29-21-15-24(31-20-10-6-3-7-17(20)21)11-13-27(14-12-24)22(28)18-8-4-5-9-19(18)30-23(25)26/h3-4,6-8,10,16,21,23H,5,9,11-15H2,1-2H3. The van der Waals surface area contributed by atoms with E-state index in [0.29, 0.717) is 38.8 Å². The molecule has 1 amide bonds. The number of fused-ring (bicyclic) bond motifs is 1. The van der Waals surface area contributed by atoms with Gasteiger partial charge in [0.25, 0.3) is 5.91 Å². The summed E-state index contributed by atoms with van der Waals surface area (Å²) >= 11 is 0. The molecule has 0 saturated carbocycles. The molecule has 4 rings (SSSR count). The van der Waals surface area contributed by atoms with E-state index in [0.717, 1.165) is 17.7 Å². The normalized spacial score (nSPS) is 22.6. The molecule has 1 unspecified atom stereocenters. The van der Waals surface area contributed by atoms with E-state index >= 15 is 0 Å². The van der Waals surface area contributed by atoms with Gasteiger partial charge in [-0.2, -0.15) is 8.78 Å². The Morgan fingerprint density at radius 1 is 1.23 bits per heavy atom. The third-order valence-corrected chi connectivity index (χ3v) is 6.13. The lowest BCUT2D eigenvalue weighted by molar-refractivity contribution is -0.134. The molecule has 1 atom stereocenters. The summed E-state index contributed by atoms with van der Waals surface area (Å²) < 4.78 is 42.8. The minimum absolute atomic E-state index is 0.0535. The van der Waals surface area contributed by atoms with Crippen LogP contribution < -0.4 is 4.74 Å². The molecule has 0 N–H and O–H groups in total. The Kier molecular flexibility index (Phi) is 6.32. The predicted molar refractivity (Wildman–Crippen MR) is 112 cm³/mol. The van der Waals surface area contributed by atoms with Crippen molar-refractivity contribution in [1.82, 2.24) is 4.90 Å². The van der Waals surface area contributed by atoms with E-state index in [1.165, 1.54) is 0 Å². The number of nitrogens with zero attached hydrogens (tertiary/aromatic N) is 1. The van der Waals surface area contributed by atoms with E-state index in [1.807, 2.05) is 44.2 Å². The lowest BCUT2D eigenvalue weighted by atomic mass is 9.81. The lowest BCUT2D eigenvalue weighted by Gasteiger charge is -2.47. The molecule has 1 spiro atoms. The van der Waals surface area contributed by atoms with E-state index in [1.54, 1.807) is 11.0 Å². The minimum atomic E-state index is -2.93. The number of carbonyl (C=O) groups is 1. The van der Waals surface area contributed by atoms with Gasteiger partial charge in [-0.15, -0.1) is 0 Å². The first kappa shape index (κ1) is 21.8. The largest absolute Gasteiger partial charge is 0.487 e. The Bertz CT molecular complexity index is 872. The highest BCUT2D eigenvalue weighted by Crippen LogP contribution is 2.46. The van der Waals surface area contributed by atoms with E-state index in [9.17, 15) is 13.6 Å². The molecule has 1 aromatic carbocycles. The Balaban J connectivity index is 1.48. The molecule has 3 aliphatic rings. The fraction of sp³-hybridized carbons (Fsp3) is 0.542. The average molecular weight is 433 g/mol. The van der Waals surface area contributed by atoms with Crippen LogP contribution in [0.2, 0.25) is 0 Å². The summed E-state index contributed by atoms with van der Waals surface area (Å²) in [6.45, 7) is 2.11. The zero-order valence-electron chi connectivity index (χ0n) is 18.0. The summed E-state index contributed by atoms with van der Waals surface area (Å²) in [5.74, 6) is 0.661. The fourth-order valence-corrected chi connectivity index (χ4v) is 4.67. The van der Waals surface area contributed by atoms with Crippen LogP contribution in [0.4, 0.5) is 8.78 Å². The molecule has 0 aromatic heterocycles. The molecule has 2 aliphatic heterocycles. The second-order valence-corrected chi connectivity index (χ2v) is 8.65. The number of amides is 1. The summed E-state index contributed by atoms with van der Waals surface area (Å²) in [6, 6.07) is 7.95. The van der Waals surface area contributed by atoms with Crippen molar-refractivity contribution in [3.8, 4) is 5.75 Å². The number of rotatable bonds is 5. The molecule has 0 radical (unpaired) electrons. The summed E-state index contributed by atoms with van der Waals surface area (Å²) in [5, 5.41) is 0. The Morgan fingerprint density at radius 3 is 2.68 bits per heavy atom. The molecule has 5 nitrogen and oxygen atoms in total. The van der Waals surface area contributed by atoms with Crippen LogP contribution in [0.15, 0.2) is 47.7 Å². The van der Waals surface area contributed by atoms with Crippen molar-refractivity contribution in [3.63, 3.8) is 0 Å². The second kappa shape index (κ2) is 8.99. The maximum absolute atomic E-state index is 13.1. The van der Waals surface area contributed by atoms with Gasteiger partial charge < -0.3 is 19.1 Å². The van der Waals surface area contributed by atoms with Gasteiger partial charge in [-0.25, -0.2) is 0 Å². The minimum Gasteiger partial charge on any atom is -0.487 e. The van der Waals surface area contributed by atoms with Crippen LogP contribution in [-0.2, 0) is 14.3 Å². The number of carbonyl (C=O) groups excluding carboxylic acids is 1. The first-order chi connectivity index (χ1) is 14.9. The highest BCUT2D eigenvalue weighted by molar-refractivity contribution is 5.97. The fourth-order valence-electron chi connectivity index (χ4n) is 4.67. The summed E-state index contributed by atoms with van der Waals surface area (Å²) in [5.41, 5.74) is 0.897. The number of hydrogen-bond donors (Lipinski definition) is 0. The third-order valence-electron chi connectivity index (χ3n) is 6.13. The second-order valence-electron chi connectivity index (χ2n) is 8.65. The SMILES string of the molecule is CC(C)OC1CC2(CCN(C(=O)C3=C(OC(F)F)CCC=C3)CC2)Oc2ccccc21. The van der Waals surface area contributed by atoms with Crippen molar-refractivity contribution in [3.05, 3.63) is 53.3 Å². The van der Waals surface area contributed by atoms with Gasteiger partial charge in [-0.3, -0.25) is 4.79 Å². The third kappa shape index (κ3) is 4.76. The van der Waals surface area contributed by atoms with Gasteiger partial charge in [0.05, 0.1) is 17.8 Å². The van der Waals surface area contributed by atoms with Crippen LogP contribution in [0, 0.1) is 0 Å². The number of benzene rings is 1. The van der Waals surface area contributed by atoms with Gasteiger partial charge in [0.1, 0.15) is 17.1 Å². The number of para-hydroxylation sites is 1. The quantitative estimate of drug-likeness (QED) is 0.645. The van der Waals surface area contributed by atoms with E-state index in [4.69, 9.17) is 9.47 Å². The molecule has 1 aromatic rings. The topological polar surface area (TPSA) is 48.0 Å². The smallest absolute Gasteiger partial charge is 0.387 e. The Labute approximate surface area is 181 Å². The van der Waals surface area contributed by atoms with E-state index < -0.39 is 12.2 Å². The zero-order chi connectivity index (χ0) is 22.0. The van der Waals surface area contributed by atoms with Crippen LogP contribution in [0.5, 0.6) is 5.75 Å². The Hall–Kier alpha value is -2.41. The van der Waals surface area contributed by atoms with Crippen LogP contribution in [0.1, 0.15) is 57.6 Å². The summed E-state index contributed by atoms with van der Waals surface area (Å²) in [6.07, 6.45) is 6.42. The van der Waals surface area contributed by atoms with Gasteiger partial charge in [0.15, 0.2) is 0 Å². The van der Waals surface area contributed by atoms with Crippen LogP contribution in [-0.4, -0.2) is 42.2 Å². The monoisotopic (exact) mass is 433 g/mol. The number of halogens is 2. The average Bonchev–Trinajstić information content (AvgIpc) is 2.73. The molecule has 1 aliphatic carbocycles. The van der Waals surface area contributed by atoms with Crippen LogP contribution in [0.3, 0.4) is 0 Å². The molecule has 2 heterocycles. The number of piperidine rings is 1. The van der Waals surface area contributed by atoms with Crippen molar-refractivity contribution in [2.75, 3.05) is 13.1 Å². The van der Waals surface area contributed by atoms with Crippen molar-refractivity contribution < 1.29 is 27.8 Å². The first-order valence-corrected chi connectivity index (χ1v) is 10.9. The molecule has 1 fully saturated rings. The lowest BCUT2D eigenvalue weighted by Crippen LogP contribution is -2.52. The number of ether oxygens (including phenoxy) is 3. The molecule has 168 valence electrons. The highest BCUT2D eigenvalue weighted by Gasteiger charge is 2.45. The Morgan fingerprint density at radius 2 is 1.97 bits per heavy atom. The van der Waals surface area contributed by atoms with Crippen molar-refractivity contribution in [2.45, 2.75) is 70.4 Å². The van der Waals surface area contributed by atoms with Crippen molar-refractivity contribution in [1.29, 1.82) is 0 Å². The van der Waals surface area contributed by atoms with Gasteiger partial charge >= 0.3 is 6.61 Å². The summed E-state index contributed by atoms with van der Waals surface area (Å²) in [4.78, 5) is 14.8. The molecule has 0 bridgehead atoms. The molecular weight excluding hydrogens is 404 g/mol. The van der Waals surface area contributed by atoms with Crippen LogP contribution >= 0.6 is 0 Å². The molecule has 31 heavy (non-hydrogen) atoms. The number of allylic oxidation sites excluding steroid dienone is 2. The van der Waals surface area contributed by atoms with Crippen molar-refractivity contribution in [2.24, 2.45) is 0 Å². The number of likely N-dealkylation sites (tertiary alicyclic amines) is 1.